The van der Waals surface area contributed by atoms with Crippen molar-refractivity contribution < 1.29 is 22.7 Å². The highest BCUT2D eigenvalue weighted by Gasteiger charge is 2.28. The van der Waals surface area contributed by atoms with Crippen molar-refractivity contribution in [3.05, 3.63) is 29.8 Å². The highest BCUT2D eigenvalue weighted by molar-refractivity contribution is 7.99. The van der Waals surface area contributed by atoms with Gasteiger partial charge in [-0.15, -0.1) is 12.4 Å². The summed E-state index contributed by atoms with van der Waals surface area (Å²) in [7, 11) is 0. The molecule has 1 atom stereocenters. The minimum Gasteiger partial charge on any atom is -0.484 e. The van der Waals surface area contributed by atoms with E-state index in [0.717, 1.165) is 23.6 Å². The Morgan fingerprint density at radius 2 is 2.04 bits per heavy atom. The molecule has 0 spiro atoms. The van der Waals surface area contributed by atoms with Crippen LogP contribution < -0.4 is 15.4 Å². The number of alkyl halides is 3. The Labute approximate surface area is 149 Å². The second kappa shape index (κ2) is 10.0. The van der Waals surface area contributed by atoms with Crippen LogP contribution >= 0.6 is 24.2 Å². The van der Waals surface area contributed by atoms with E-state index in [4.69, 9.17) is 0 Å². The first-order valence-corrected chi connectivity index (χ1v) is 8.44. The first-order chi connectivity index (χ1) is 10.9. The molecule has 0 saturated carbocycles. The number of halogens is 4. The molecule has 24 heavy (non-hydrogen) atoms. The van der Waals surface area contributed by atoms with Gasteiger partial charge >= 0.3 is 6.18 Å². The fraction of sp³-hybridized carbons (Fsp3) is 0.533. The zero-order valence-electron chi connectivity index (χ0n) is 12.9. The molecule has 1 aromatic rings. The van der Waals surface area contributed by atoms with E-state index in [1.54, 1.807) is 12.1 Å². The second-order valence-corrected chi connectivity index (χ2v) is 6.40. The van der Waals surface area contributed by atoms with Gasteiger partial charge in [-0.25, -0.2) is 0 Å². The Balaban J connectivity index is 0.00000288. The van der Waals surface area contributed by atoms with Crippen molar-refractivity contribution in [1.82, 2.24) is 10.6 Å². The third-order valence-corrected chi connectivity index (χ3v) is 4.38. The molecule has 0 radical (unpaired) electrons. The Hall–Kier alpha value is -1.12. The predicted molar refractivity (Wildman–Crippen MR) is 90.8 cm³/mol. The number of amides is 1. The van der Waals surface area contributed by atoms with Gasteiger partial charge in [0.15, 0.2) is 6.61 Å². The molecule has 0 aliphatic carbocycles. The van der Waals surface area contributed by atoms with E-state index in [2.05, 4.69) is 15.4 Å². The molecule has 1 heterocycles. The average Bonchev–Trinajstić information content (AvgIpc) is 2.52. The topological polar surface area (TPSA) is 50.4 Å². The van der Waals surface area contributed by atoms with Gasteiger partial charge in [0.25, 0.3) is 0 Å². The van der Waals surface area contributed by atoms with Gasteiger partial charge in [-0.05, 0) is 17.7 Å². The normalized spacial score (nSPS) is 17.7. The van der Waals surface area contributed by atoms with E-state index >= 15 is 0 Å². The number of nitrogens with one attached hydrogen (secondary N) is 2. The Kier molecular flexibility index (Phi) is 8.72. The van der Waals surface area contributed by atoms with E-state index in [1.165, 1.54) is 12.1 Å². The molecule has 1 fully saturated rings. The van der Waals surface area contributed by atoms with Crippen LogP contribution in [0.2, 0.25) is 0 Å². The molecular formula is C15H20ClF3N2O2S. The highest BCUT2D eigenvalue weighted by Crippen LogP contribution is 2.18. The van der Waals surface area contributed by atoms with Crippen LogP contribution in [0.25, 0.3) is 0 Å². The molecule has 2 N–H and O–H groups in total. The molecule has 0 aromatic heterocycles. The van der Waals surface area contributed by atoms with Gasteiger partial charge in [-0.1, -0.05) is 12.1 Å². The van der Waals surface area contributed by atoms with Gasteiger partial charge in [0.1, 0.15) is 5.75 Å². The third kappa shape index (κ3) is 8.12. The number of hydrogen-bond acceptors (Lipinski definition) is 4. The van der Waals surface area contributed by atoms with Crippen LogP contribution in [0.3, 0.4) is 0 Å². The first kappa shape index (κ1) is 20.9. The Bertz CT molecular complexity index is 508. The van der Waals surface area contributed by atoms with Gasteiger partial charge in [-0.2, -0.15) is 24.9 Å². The monoisotopic (exact) mass is 384 g/mol. The fourth-order valence-corrected chi connectivity index (χ4v) is 3.07. The molecule has 1 saturated heterocycles. The van der Waals surface area contributed by atoms with Crippen molar-refractivity contribution in [2.24, 2.45) is 0 Å². The summed E-state index contributed by atoms with van der Waals surface area (Å²) in [6.07, 6.45) is -3.92. The van der Waals surface area contributed by atoms with E-state index < -0.39 is 12.8 Å². The summed E-state index contributed by atoms with van der Waals surface area (Å²) in [4.78, 5) is 11.9. The van der Waals surface area contributed by atoms with Gasteiger partial charge in [0, 0.05) is 37.1 Å². The molecule has 4 nitrogen and oxygen atoms in total. The fourth-order valence-electron chi connectivity index (χ4n) is 2.12. The molecule has 0 bridgehead atoms. The summed E-state index contributed by atoms with van der Waals surface area (Å²) in [6, 6.07) is 6.41. The van der Waals surface area contributed by atoms with E-state index in [1.807, 2.05) is 11.8 Å². The Morgan fingerprint density at radius 1 is 1.33 bits per heavy atom. The summed E-state index contributed by atoms with van der Waals surface area (Å²) in [5.41, 5.74) is 0.809. The summed E-state index contributed by atoms with van der Waals surface area (Å²) in [5.74, 6) is 2.11. The zero-order valence-corrected chi connectivity index (χ0v) is 14.5. The van der Waals surface area contributed by atoms with Crippen molar-refractivity contribution in [1.29, 1.82) is 0 Å². The zero-order chi connectivity index (χ0) is 16.7. The first-order valence-electron chi connectivity index (χ1n) is 7.29. The van der Waals surface area contributed by atoms with Crippen molar-refractivity contribution in [2.45, 2.75) is 25.2 Å². The minimum absolute atomic E-state index is 0. The van der Waals surface area contributed by atoms with Crippen LogP contribution in [0, 0.1) is 0 Å². The summed E-state index contributed by atoms with van der Waals surface area (Å²) < 4.78 is 40.8. The van der Waals surface area contributed by atoms with Crippen molar-refractivity contribution >= 4 is 30.1 Å². The largest absolute Gasteiger partial charge is 0.484 e. The number of carbonyl (C=O) groups excluding carboxylic acids is 1. The molecule has 1 aromatic carbocycles. The summed E-state index contributed by atoms with van der Waals surface area (Å²) >= 11 is 1.83. The number of hydrogen-bond donors (Lipinski definition) is 2. The second-order valence-electron chi connectivity index (χ2n) is 5.25. The molecule has 136 valence electrons. The number of benzene rings is 1. The van der Waals surface area contributed by atoms with E-state index in [0.29, 0.717) is 13.0 Å². The van der Waals surface area contributed by atoms with Crippen LogP contribution in [-0.4, -0.2) is 42.8 Å². The van der Waals surface area contributed by atoms with Crippen LogP contribution in [-0.2, 0) is 11.3 Å². The van der Waals surface area contributed by atoms with Gasteiger partial charge in [0.2, 0.25) is 5.91 Å². The van der Waals surface area contributed by atoms with Gasteiger partial charge < -0.3 is 15.4 Å². The molecular weight excluding hydrogens is 365 g/mol. The summed E-state index contributed by atoms with van der Waals surface area (Å²) in [5, 5.41) is 6.10. The molecule has 1 unspecified atom stereocenters. The molecule has 1 aliphatic heterocycles. The lowest BCUT2D eigenvalue weighted by Gasteiger charge is -2.22. The van der Waals surface area contributed by atoms with Crippen molar-refractivity contribution in [3.8, 4) is 5.75 Å². The lowest BCUT2D eigenvalue weighted by Crippen LogP contribution is -2.41. The highest BCUT2D eigenvalue weighted by atomic mass is 35.5. The van der Waals surface area contributed by atoms with E-state index in [-0.39, 0.29) is 30.1 Å². The van der Waals surface area contributed by atoms with E-state index in [9.17, 15) is 18.0 Å². The molecule has 1 aliphatic rings. The SMILES string of the molecule is Cl.O=C(CC1CSCCN1)NCc1ccc(OCC(F)(F)F)cc1. The average molecular weight is 385 g/mol. The van der Waals surface area contributed by atoms with Crippen molar-refractivity contribution in [2.75, 3.05) is 24.7 Å². The number of rotatable bonds is 6. The molecule has 2 rings (SSSR count). The smallest absolute Gasteiger partial charge is 0.422 e. The van der Waals surface area contributed by atoms with Crippen LogP contribution in [0.5, 0.6) is 5.75 Å². The lowest BCUT2D eigenvalue weighted by atomic mass is 10.2. The predicted octanol–water partition coefficient (Wildman–Crippen LogP) is 2.76. The Morgan fingerprint density at radius 3 is 2.62 bits per heavy atom. The lowest BCUT2D eigenvalue weighted by molar-refractivity contribution is -0.153. The summed E-state index contributed by atoms with van der Waals surface area (Å²) in [6.45, 7) is -0.0459. The van der Waals surface area contributed by atoms with Crippen LogP contribution in [0.1, 0.15) is 12.0 Å². The molecule has 9 heteroatoms. The maximum atomic E-state index is 12.0. The minimum atomic E-state index is -4.35. The van der Waals surface area contributed by atoms with Crippen molar-refractivity contribution in [3.63, 3.8) is 0 Å². The maximum absolute atomic E-state index is 12.0. The quantitative estimate of drug-likeness (QED) is 0.792. The number of carbonyl (C=O) groups is 1. The number of ether oxygens (including phenoxy) is 1. The maximum Gasteiger partial charge on any atom is 0.422 e. The van der Waals surface area contributed by atoms with Crippen LogP contribution in [0.4, 0.5) is 13.2 Å². The number of thioether (sulfide) groups is 1. The standard InChI is InChI=1S/C15H19F3N2O2S.ClH/c16-15(17,18)10-22-13-3-1-11(2-4-13)8-20-14(21)7-12-9-23-6-5-19-12;/h1-4,12,19H,5-10H2,(H,20,21);1H. The van der Waals surface area contributed by atoms with Gasteiger partial charge in [-0.3, -0.25) is 4.79 Å². The molecule has 1 amide bonds. The van der Waals surface area contributed by atoms with Crippen LogP contribution in [0.15, 0.2) is 24.3 Å². The third-order valence-electron chi connectivity index (χ3n) is 3.25. The van der Waals surface area contributed by atoms with Gasteiger partial charge in [0.05, 0.1) is 0 Å².